The Morgan fingerprint density at radius 3 is 2.67 bits per heavy atom. The van der Waals surface area contributed by atoms with Crippen molar-refractivity contribution in [3.05, 3.63) is 42.2 Å². The summed E-state index contributed by atoms with van der Waals surface area (Å²) in [6, 6.07) is 7.51. The summed E-state index contributed by atoms with van der Waals surface area (Å²) in [7, 11) is 1.83. The second kappa shape index (κ2) is 8.57. The number of ether oxygens (including phenoxy) is 1. The molecule has 12 heteroatoms. The van der Waals surface area contributed by atoms with Crippen LogP contribution < -0.4 is 15.1 Å². The number of hydrogen-bond donors (Lipinski definition) is 2. The molecule has 6 heterocycles. The van der Waals surface area contributed by atoms with E-state index in [0.29, 0.717) is 79.5 Å². The first-order chi connectivity index (χ1) is 17.3. The van der Waals surface area contributed by atoms with E-state index < -0.39 is 5.60 Å². The Labute approximate surface area is 206 Å². The van der Waals surface area contributed by atoms with Gasteiger partial charge in [-0.25, -0.2) is 9.97 Å². The lowest BCUT2D eigenvalue weighted by Gasteiger charge is -2.45. The maximum atomic E-state index is 13.5. The number of nitrogens with one attached hydrogen (secondary N) is 1. The Kier molecular flexibility index (Phi) is 5.34. The molecule has 1 amide bonds. The van der Waals surface area contributed by atoms with Crippen molar-refractivity contribution in [1.29, 1.82) is 0 Å². The molecule has 0 radical (unpaired) electrons. The Morgan fingerprint density at radius 1 is 1.14 bits per heavy atom. The van der Waals surface area contributed by atoms with Gasteiger partial charge >= 0.3 is 0 Å². The lowest BCUT2D eigenvalue weighted by atomic mass is 9.96. The lowest BCUT2D eigenvalue weighted by Crippen LogP contribution is -2.60. The van der Waals surface area contributed by atoms with E-state index in [9.17, 15) is 9.90 Å². The summed E-state index contributed by atoms with van der Waals surface area (Å²) >= 11 is 0. The van der Waals surface area contributed by atoms with Gasteiger partial charge in [0.2, 0.25) is 5.65 Å². The summed E-state index contributed by atoms with van der Waals surface area (Å²) in [5.41, 5.74) is 1.83. The van der Waals surface area contributed by atoms with Gasteiger partial charge in [-0.2, -0.15) is 10.1 Å². The van der Waals surface area contributed by atoms with Crippen molar-refractivity contribution in [3.63, 3.8) is 0 Å². The lowest BCUT2D eigenvalue weighted by molar-refractivity contribution is 0.0304. The Hall–Kier alpha value is -4.03. The van der Waals surface area contributed by atoms with Gasteiger partial charge in [0.15, 0.2) is 5.58 Å². The Morgan fingerprint density at radius 2 is 1.94 bits per heavy atom. The van der Waals surface area contributed by atoms with Gasteiger partial charge in [-0.15, -0.1) is 0 Å². The van der Waals surface area contributed by atoms with Crippen LogP contribution in [-0.4, -0.2) is 80.7 Å². The smallest absolute Gasteiger partial charge is 0.300 e. The topological polar surface area (TPSA) is 135 Å². The number of morpholine rings is 1. The summed E-state index contributed by atoms with van der Waals surface area (Å²) in [6.07, 6.45) is 3.57. The van der Waals surface area contributed by atoms with Gasteiger partial charge in [0.05, 0.1) is 36.3 Å². The van der Waals surface area contributed by atoms with E-state index >= 15 is 0 Å². The molecule has 12 nitrogen and oxygen atoms in total. The van der Waals surface area contributed by atoms with E-state index in [4.69, 9.17) is 9.15 Å². The average Bonchev–Trinajstić information content (AvgIpc) is 3.48. The molecule has 2 aliphatic heterocycles. The molecule has 186 valence electrons. The standard InChI is InChI=1S/C24H26N8O4/c1-24(34)13-32(14-24)21-16(10-18-20(28-21)29-23(36-18)31-6-8-35-9-7-31)22(33)27-19-5-3-4-17(26-19)15-11-25-30(2)12-15/h3-5,10-12,34H,6-9,13-14H2,1-2H3,(H,26,27,33). The monoisotopic (exact) mass is 490 g/mol. The van der Waals surface area contributed by atoms with Crippen LogP contribution in [0.25, 0.3) is 22.5 Å². The van der Waals surface area contributed by atoms with Crippen molar-refractivity contribution < 1.29 is 19.1 Å². The highest BCUT2D eigenvalue weighted by Gasteiger charge is 2.39. The quantitative estimate of drug-likeness (QED) is 0.425. The molecule has 2 saturated heterocycles. The number of oxazole rings is 1. The van der Waals surface area contributed by atoms with E-state index in [2.05, 4.69) is 25.4 Å². The molecule has 4 aromatic heterocycles. The van der Waals surface area contributed by atoms with E-state index in [-0.39, 0.29) is 5.91 Å². The van der Waals surface area contributed by atoms with Crippen LogP contribution in [0.3, 0.4) is 0 Å². The largest absolute Gasteiger partial charge is 0.422 e. The summed E-state index contributed by atoms with van der Waals surface area (Å²) < 4.78 is 13.1. The molecule has 0 spiro atoms. The number of hydrogen-bond acceptors (Lipinski definition) is 10. The molecule has 0 aromatic carbocycles. The van der Waals surface area contributed by atoms with Crippen LogP contribution in [0.2, 0.25) is 0 Å². The number of pyridine rings is 2. The number of amides is 1. The Balaban J connectivity index is 1.33. The number of anilines is 3. The highest BCUT2D eigenvalue weighted by atomic mass is 16.5. The molecule has 2 N–H and O–H groups in total. The fourth-order valence-electron chi connectivity index (χ4n) is 4.47. The van der Waals surface area contributed by atoms with Crippen LogP contribution in [0.4, 0.5) is 17.7 Å². The molecule has 0 bridgehead atoms. The van der Waals surface area contributed by atoms with Gasteiger partial charge < -0.3 is 29.4 Å². The van der Waals surface area contributed by atoms with Crippen LogP contribution in [0.5, 0.6) is 0 Å². The van der Waals surface area contributed by atoms with Gasteiger partial charge in [0, 0.05) is 51.1 Å². The van der Waals surface area contributed by atoms with Crippen LogP contribution >= 0.6 is 0 Å². The fraction of sp³-hybridized carbons (Fsp3) is 0.375. The molecule has 4 aromatic rings. The predicted octanol–water partition coefficient (Wildman–Crippen LogP) is 1.68. The number of carbonyl (C=O) groups is 1. The average molecular weight is 491 g/mol. The number of aryl methyl sites for hydroxylation is 1. The highest BCUT2D eigenvalue weighted by molar-refractivity contribution is 6.09. The van der Waals surface area contributed by atoms with Crippen molar-refractivity contribution >= 4 is 34.8 Å². The summed E-state index contributed by atoms with van der Waals surface area (Å²) in [6.45, 7) is 4.99. The predicted molar refractivity (Wildman–Crippen MR) is 132 cm³/mol. The van der Waals surface area contributed by atoms with Crippen LogP contribution in [0, 0.1) is 0 Å². The van der Waals surface area contributed by atoms with Crippen LogP contribution in [-0.2, 0) is 11.8 Å². The molecule has 2 aliphatic rings. The van der Waals surface area contributed by atoms with Gasteiger partial charge in [-0.3, -0.25) is 9.48 Å². The van der Waals surface area contributed by atoms with Crippen LogP contribution in [0.1, 0.15) is 17.3 Å². The molecule has 0 aliphatic carbocycles. The SMILES string of the molecule is Cn1cc(-c2cccc(NC(=O)c3cc4oc(N5CCOCC5)nc4nc3N3CC(C)(O)C3)n2)cn1. The third-order valence-electron chi connectivity index (χ3n) is 6.23. The normalized spacial score (nSPS) is 17.3. The third-order valence-corrected chi connectivity index (χ3v) is 6.23. The van der Waals surface area contributed by atoms with E-state index in [1.165, 1.54) is 0 Å². The summed E-state index contributed by atoms with van der Waals surface area (Å²) in [4.78, 5) is 31.1. The molecule has 2 fully saturated rings. The first kappa shape index (κ1) is 22.4. The van der Waals surface area contributed by atoms with Crippen molar-refractivity contribution in [2.45, 2.75) is 12.5 Å². The molecular weight excluding hydrogens is 464 g/mol. The molecular formula is C24H26N8O4. The molecule has 0 atom stereocenters. The molecule has 0 unspecified atom stereocenters. The number of nitrogens with zero attached hydrogens (tertiary/aromatic N) is 7. The maximum Gasteiger partial charge on any atom is 0.300 e. The number of aromatic nitrogens is 5. The van der Waals surface area contributed by atoms with Gasteiger partial charge in [0.25, 0.3) is 11.9 Å². The van der Waals surface area contributed by atoms with Crippen molar-refractivity contribution in [3.8, 4) is 11.3 Å². The molecule has 6 rings (SSSR count). The highest BCUT2D eigenvalue weighted by Crippen LogP contribution is 2.33. The number of carbonyl (C=O) groups excluding carboxylic acids is 1. The summed E-state index contributed by atoms with van der Waals surface area (Å²) in [5.74, 6) is 0.456. The van der Waals surface area contributed by atoms with Crippen molar-refractivity contribution in [2.24, 2.45) is 7.05 Å². The van der Waals surface area contributed by atoms with Gasteiger partial charge in [-0.05, 0) is 19.1 Å². The number of aliphatic hydroxyl groups is 1. The minimum absolute atomic E-state index is 0.316. The van der Waals surface area contributed by atoms with E-state index in [1.54, 1.807) is 29.9 Å². The first-order valence-electron chi connectivity index (χ1n) is 11.7. The minimum atomic E-state index is -0.841. The Bertz CT molecular complexity index is 1430. The zero-order chi connectivity index (χ0) is 24.9. The summed E-state index contributed by atoms with van der Waals surface area (Å²) in [5, 5.41) is 17.4. The van der Waals surface area contributed by atoms with E-state index in [0.717, 1.165) is 5.56 Å². The van der Waals surface area contributed by atoms with Gasteiger partial charge in [0.1, 0.15) is 11.6 Å². The number of β-amino-alcohol motifs (C(OH)–C–C–N with tert-alkyl or cyclic N) is 1. The molecule has 36 heavy (non-hydrogen) atoms. The van der Waals surface area contributed by atoms with Crippen molar-refractivity contribution in [1.82, 2.24) is 24.7 Å². The van der Waals surface area contributed by atoms with Crippen LogP contribution in [0.15, 0.2) is 41.1 Å². The minimum Gasteiger partial charge on any atom is -0.422 e. The molecule has 0 saturated carbocycles. The number of rotatable bonds is 5. The third kappa shape index (κ3) is 4.25. The zero-order valence-electron chi connectivity index (χ0n) is 20.0. The maximum absolute atomic E-state index is 13.5. The van der Waals surface area contributed by atoms with Crippen molar-refractivity contribution in [2.75, 3.05) is 54.5 Å². The second-order valence-electron chi connectivity index (χ2n) is 9.40. The number of fused-ring (bicyclic) bond motifs is 1. The zero-order valence-corrected chi connectivity index (χ0v) is 20.0. The van der Waals surface area contributed by atoms with E-state index in [1.807, 2.05) is 35.2 Å². The first-order valence-corrected chi connectivity index (χ1v) is 11.7. The second-order valence-corrected chi connectivity index (χ2v) is 9.40. The van der Waals surface area contributed by atoms with Gasteiger partial charge in [-0.1, -0.05) is 6.07 Å². The fourth-order valence-corrected chi connectivity index (χ4v) is 4.47.